The van der Waals surface area contributed by atoms with Crippen LogP contribution >= 0.6 is 0 Å². The molecule has 1 fully saturated rings. The minimum Gasteiger partial charge on any atom is -0.489 e. The Morgan fingerprint density at radius 3 is 2.86 bits per heavy atom. The molecule has 0 aliphatic carbocycles. The zero-order chi connectivity index (χ0) is 15.2. The van der Waals surface area contributed by atoms with Gasteiger partial charge in [-0.25, -0.2) is 4.39 Å². The van der Waals surface area contributed by atoms with Crippen molar-refractivity contribution in [1.82, 2.24) is 10.6 Å². The molecule has 0 spiro atoms. The monoisotopic (exact) mass is 294 g/mol. The second-order valence-electron chi connectivity index (χ2n) is 5.70. The fourth-order valence-corrected chi connectivity index (χ4v) is 2.55. The molecule has 0 saturated carbocycles. The van der Waals surface area contributed by atoms with Crippen LogP contribution in [0.3, 0.4) is 0 Å². The summed E-state index contributed by atoms with van der Waals surface area (Å²) >= 11 is 0. The van der Waals surface area contributed by atoms with Crippen LogP contribution in [0.2, 0.25) is 0 Å². The topological polar surface area (TPSA) is 50.4 Å². The number of nitrogens with one attached hydrogen (secondary N) is 2. The molecule has 4 nitrogen and oxygen atoms in total. The third-order valence-electron chi connectivity index (χ3n) is 3.71. The summed E-state index contributed by atoms with van der Waals surface area (Å²) in [6.07, 6.45) is 1.60. The molecule has 1 aliphatic heterocycles. The molecule has 1 saturated heterocycles. The first-order chi connectivity index (χ1) is 10.0. The van der Waals surface area contributed by atoms with Gasteiger partial charge in [0.2, 0.25) is 5.91 Å². The Hall–Kier alpha value is -1.62. The fraction of sp³-hybridized carbons (Fsp3) is 0.562. The second kappa shape index (κ2) is 7.41. The van der Waals surface area contributed by atoms with Crippen LogP contribution in [0.5, 0.6) is 5.75 Å². The molecule has 5 heteroatoms. The average molecular weight is 294 g/mol. The van der Waals surface area contributed by atoms with E-state index in [-0.39, 0.29) is 23.7 Å². The van der Waals surface area contributed by atoms with Crippen molar-refractivity contribution in [3.05, 3.63) is 30.1 Å². The van der Waals surface area contributed by atoms with Crippen LogP contribution in [-0.2, 0) is 4.79 Å². The molecule has 1 aromatic rings. The van der Waals surface area contributed by atoms with Crippen LogP contribution in [-0.4, -0.2) is 31.1 Å². The van der Waals surface area contributed by atoms with Gasteiger partial charge in [0.15, 0.2) is 0 Å². The van der Waals surface area contributed by atoms with E-state index in [0.29, 0.717) is 18.3 Å². The number of amides is 1. The van der Waals surface area contributed by atoms with Crippen LogP contribution in [0, 0.1) is 11.7 Å². The number of ether oxygens (including phenoxy) is 1. The molecule has 1 amide bonds. The van der Waals surface area contributed by atoms with E-state index in [4.69, 9.17) is 4.74 Å². The number of rotatable bonds is 5. The summed E-state index contributed by atoms with van der Waals surface area (Å²) in [5, 5.41) is 6.27. The van der Waals surface area contributed by atoms with E-state index in [9.17, 15) is 9.18 Å². The van der Waals surface area contributed by atoms with Gasteiger partial charge < -0.3 is 15.4 Å². The summed E-state index contributed by atoms with van der Waals surface area (Å²) in [6.45, 7) is 5.32. The maximum Gasteiger partial charge on any atom is 0.223 e. The van der Waals surface area contributed by atoms with Crippen LogP contribution in [0.1, 0.15) is 26.7 Å². The predicted octanol–water partition coefficient (Wildman–Crippen LogP) is 2.10. The molecule has 2 N–H and O–H groups in total. The Balaban J connectivity index is 1.74. The number of carbonyl (C=O) groups excluding carboxylic acids is 1. The van der Waals surface area contributed by atoms with Gasteiger partial charge in [-0.1, -0.05) is 0 Å². The lowest BCUT2D eigenvalue weighted by Gasteiger charge is -2.27. The Bertz CT molecular complexity index is 464. The third kappa shape index (κ3) is 5.01. The summed E-state index contributed by atoms with van der Waals surface area (Å²) in [7, 11) is 0. The van der Waals surface area contributed by atoms with Crippen molar-refractivity contribution >= 4 is 5.91 Å². The Kier molecular flexibility index (Phi) is 5.56. The first-order valence-electron chi connectivity index (χ1n) is 7.48. The highest BCUT2D eigenvalue weighted by Crippen LogP contribution is 2.16. The fourth-order valence-electron chi connectivity index (χ4n) is 2.55. The molecule has 1 unspecified atom stereocenters. The highest BCUT2D eigenvalue weighted by molar-refractivity contribution is 5.78. The Morgan fingerprint density at radius 2 is 2.19 bits per heavy atom. The van der Waals surface area contributed by atoms with Gasteiger partial charge in [0.1, 0.15) is 17.7 Å². The van der Waals surface area contributed by atoms with Gasteiger partial charge in [0.25, 0.3) is 0 Å². The molecule has 0 radical (unpaired) electrons. The molecule has 1 heterocycles. The van der Waals surface area contributed by atoms with Crippen LogP contribution in [0.15, 0.2) is 24.3 Å². The highest BCUT2D eigenvalue weighted by atomic mass is 19.1. The number of hydrogen-bond acceptors (Lipinski definition) is 3. The molecular weight excluding hydrogens is 271 g/mol. The number of halogens is 1. The zero-order valence-corrected chi connectivity index (χ0v) is 12.6. The van der Waals surface area contributed by atoms with E-state index in [0.717, 1.165) is 19.4 Å². The van der Waals surface area contributed by atoms with Gasteiger partial charge in [0, 0.05) is 12.0 Å². The van der Waals surface area contributed by atoms with E-state index >= 15 is 0 Å². The molecule has 116 valence electrons. The molecule has 1 aromatic carbocycles. The van der Waals surface area contributed by atoms with Crippen molar-refractivity contribution in [3.8, 4) is 5.75 Å². The summed E-state index contributed by atoms with van der Waals surface area (Å²) in [5.41, 5.74) is 0. The van der Waals surface area contributed by atoms with E-state index in [1.807, 2.05) is 6.92 Å². The molecule has 0 bridgehead atoms. The third-order valence-corrected chi connectivity index (χ3v) is 3.71. The lowest BCUT2D eigenvalue weighted by molar-refractivity contribution is -0.126. The maximum atomic E-state index is 12.8. The number of carbonyl (C=O) groups is 1. The molecule has 1 aliphatic rings. The van der Waals surface area contributed by atoms with Gasteiger partial charge in [-0.3, -0.25) is 4.79 Å². The summed E-state index contributed by atoms with van der Waals surface area (Å²) in [4.78, 5) is 12.1. The smallest absolute Gasteiger partial charge is 0.223 e. The number of benzene rings is 1. The summed E-state index contributed by atoms with van der Waals surface area (Å²) in [5.74, 6) is 0.495. The Morgan fingerprint density at radius 1 is 1.48 bits per heavy atom. The lowest BCUT2D eigenvalue weighted by atomic mass is 9.92. The molecular formula is C16H23FN2O2. The zero-order valence-electron chi connectivity index (χ0n) is 12.6. The summed E-state index contributed by atoms with van der Waals surface area (Å²) < 4.78 is 18.4. The minimum atomic E-state index is -0.289. The van der Waals surface area contributed by atoms with Crippen molar-refractivity contribution in [1.29, 1.82) is 0 Å². The number of hydrogen-bond donors (Lipinski definition) is 2. The van der Waals surface area contributed by atoms with Gasteiger partial charge in [-0.2, -0.15) is 0 Å². The van der Waals surface area contributed by atoms with Crippen LogP contribution in [0.4, 0.5) is 4.39 Å². The van der Waals surface area contributed by atoms with E-state index in [1.165, 1.54) is 12.1 Å². The first-order valence-corrected chi connectivity index (χ1v) is 7.48. The minimum absolute atomic E-state index is 0.0827. The predicted molar refractivity (Wildman–Crippen MR) is 79.7 cm³/mol. The largest absolute Gasteiger partial charge is 0.489 e. The lowest BCUT2D eigenvalue weighted by Crippen LogP contribution is -2.44. The number of piperidine rings is 1. The van der Waals surface area contributed by atoms with Gasteiger partial charge in [-0.15, -0.1) is 0 Å². The second-order valence-corrected chi connectivity index (χ2v) is 5.70. The normalized spacial score (nSPS) is 23.4. The van der Waals surface area contributed by atoms with Crippen molar-refractivity contribution in [2.75, 3.05) is 13.1 Å². The molecule has 2 rings (SSSR count). The SMILES string of the molecule is CC(CNC(=O)[C@H]1CCN[C@@H](C)C1)Oc1ccc(F)cc1. The average Bonchev–Trinajstić information content (AvgIpc) is 2.47. The van der Waals surface area contributed by atoms with E-state index < -0.39 is 0 Å². The van der Waals surface area contributed by atoms with Crippen molar-refractivity contribution in [3.63, 3.8) is 0 Å². The first kappa shape index (κ1) is 15.8. The van der Waals surface area contributed by atoms with Crippen molar-refractivity contribution in [2.24, 2.45) is 5.92 Å². The maximum absolute atomic E-state index is 12.8. The van der Waals surface area contributed by atoms with E-state index in [1.54, 1.807) is 12.1 Å². The van der Waals surface area contributed by atoms with E-state index in [2.05, 4.69) is 17.6 Å². The van der Waals surface area contributed by atoms with Gasteiger partial charge in [-0.05, 0) is 57.5 Å². The quantitative estimate of drug-likeness (QED) is 0.874. The van der Waals surface area contributed by atoms with Crippen molar-refractivity contribution in [2.45, 2.75) is 38.8 Å². The molecule has 21 heavy (non-hydrogen) atoms. The molecule has 0 aromatic heterocycles. The van der Waals surface area contributed by atoms with Gasteiger partial charge in [0.05, 0.1) is 6.54 Å². The molecule has 3 atom stereocenters. The van der Waals surface area contributed by atoms with Crippen molar-refractivity contribution < 1.29 is 13.9 Å². The standard InChI is InChI=1S/C16H23FN2O2/c1-11-9-13(7-8-18-11)16(20)19-10-12(2)21-15-5-3-14(17)4-6-15/h3-6,11-13,18H,7-10H2,1-2H3,(H,19,20)/t11-,12?,13-/m0/s1. The van der Waals surface area contributed by atoms with Crippen LogP contribution < -0.4 is 15.4 Å². The highest BCUT2D eigenvalue weighted by Gasteiger charge is 2.24. The van der Waals surface area contributed by atoms with Gasteiger partial charge >= 0.3 is 0 Å². The Labute approximate surface area is 125 Å². The van der Waals surface area contributed by atoms with Crippen LogP contribution in [0.25, 0.3) is 0 Å². The summed E-state index contributed by atoms with van der Waals surface area (Å²) in [6, 6.07) is 6.28.